The summed E-state index contributed by atoms with van der Waals surface area (Å²) in [5.41, 5.74) is 7.69. The summed E-state index contributed by atoms with van der Waals surface area (Å²) < 4.78 is 12.8. The summed E-state index contributed by atoms with van der Waals surface area (Å²) in [6.07, 6.45) is 0.632. The fourth-order valence-corrected chi connectivity index (χ4v) is 2.17. The fraction of sp³-hybridized carbons (Fsp3) is 0.235. The maximum absolute atomic E-state index is 12.8. The summed E-state index contributed by atoms with van der Waals surface area (Å²) in [7, 11) is 0. The Balaban J connectivity index is 1.91. The molecule has 0 radical (unpaired) electrons. The molecule has 0 aliphatic carbocycles. The van der Waals surface area contributed by atoms with E-state index in [1.54, 1.807) is 12.1 Å². The van der Waals surface area contributed by atoms with Crippen LogP contribution in [0.3, 0.4) is 0 Å². The van der Waals surface area contributed by atoms with Crippen molar-refractivity contribution in [3.63, 3.8) is 0 Å². The molecular weight excluding hydrogens is 267 g/mol. The highest BCUT2D eigenvalue weighted by molar-refractivity contribution is 5.83. The van der Waals surface area contributed by atoms with E-state index < -0.39 is 6.04 Å². The minimum atomic E-state index is -0.679. The molecule has 3 nitrogen and oxygen atoms in total. The number of hydrogen-bond donors (Lipinski definition) is 2. The third-order valence-electron chi connectivity index (χ3n) is 3.28. The van der Waals surface area contributed by atoms with Crippen molar-refractivity contribution in [2.75, 3.05) is 0 Å². The van der Waals surface area contributed by atoms with Crippen LogP contribution >= 0.6 is 0 Å². The van der Waals surface area contributed by atoms with E-state index in [4.69, 9.17) is 5.73 Å². The van der Waals surface area contributed by atoms with Gasteiger partial charge in [-0.1, -0.05) is 42.5 Å². The van der Waals surface area contributed by atoms with Crippen LogP contribution < -0.4 is 11.1 Å². The topological polar surface area (TPSA) is 55.1 Å². The van der Waals surface area contributed by atoms with Crippen LogP contribution in [0.15, 0.2) is 54.6 Å². The van der Waals surface area contributed by atoms with Crippen molar-refractivity contribution in [1.82, 2.24) is 5.32 Å². The molecule has 0 saturated heterocycles. The Bertz CT molecular complexity index is 583. The van der Waals surface area contributed by atoms with Gasteiger partial charge in [0.15, 0.2) is 0 Å². The van der Waals surface area contributed by atoms with E-state index in [0.717, 1.165) is 11.1 Å². The van der Waals surface area contributed by atoms with E-state index in [1.165, 1.54) is 12.1 Å². The van der Waals surface area contributed by atoms with Crippen molar-refractivity contribution in [1.29, 1.82) is 0 Å². The highest BCUT2D eigenvalue weighted by Crippen LogP contribution is 2.11. The van der Waals surface area contributed by atoms with Crippen molar-refractivity contribution in [3.05, 3.63) is 71.5 Å². The van der Waals surface area contributed by atoms with E-state index >= 15 is 0 Å². The standard InChI is InChI=1S/C17H19FN2O/c1-12(11-13-7-9-15(18)10-8-13)20-17(21)16(19)14-5-3-2-4-6-14/h2-10,12,16H,11,19H2,1H3,(H,20,21)/t12?,16-/m1/s1. The van der Waals surface area contributed by atoms with E-state index in [9.17, 15) is 9.18 Å². The smallest absolute Gasteiger partial charge is 0.241 e. The van der Waals surface area contributed by atoms with Gasteiger partial charge < -0.3 is 11.1 Å². The molecule has 0 aliphatic heterocycles. The molecule has 0 bridgehead atoms. The van der Waals surface area contributed by atoms with E-state index in [-0.39, 0.29) is 17.8 Å². The van der Waals surface area contributed by atoms with Crippen LogP contribution in [0.5, 0.6) is 0 Å². The van der Waals surface area contributed by atoms with Crippen LogP contribution in [0.1, 0.15) is 24.1 Å². The summed E-state index contributed by atoms with van der Waals surface area (Å²) in [6.45, 7) is 1.90. The maximum Gasteiger partial charge on any atom is 0.241 e. The molecule has 110 valence electrons. The number of nitrogens with two attached hydrogens (primary N) is 1. The second-order valence-corrected chi connectivity index (χ2v) is 5.13. The first-order valence-electron chi connectivity index (χ1n) is 6.91. The monoisotopic (exact) mass is 286 g/mol. The first-order chi connectivity index (χ1) is 10.1. The third-order valence-corrected chi connectivity index (χ3v) is 3.28. The molecule has 1 amide bonds. The minimum absolute atomic E-state index is 0.0716. The van der Waals surface area contributed by atoms with Crippen molar-refractivity contribution in [3.8, 4) is 0 Å². The van der Waals surface area contributed by atoms with Gasteiger partial charge in [-0.25, -0.2) is 4.39 Å². The zero-order valence-corrected chi connectivity index (χ0v) is 11.9. The number of carbonyl (C=O) groups is 1. The van der Waals surface area contributed by atoms with Gasteiger partial charge in [0.05, 0.1) is 0 Å². The maximum atomic E-state index is 12.8. The molecule has 2 atom stereocenters. The molecular formula is C17H19FN2O. The number of carbonyl (C=O) groups excluding carboxylic acids is 1. The molecule has 2 rings (SSSR count). The van der Waals surface area contributed by atoms with Gasteiger partial charge in [-0.15, -0.1) is 0 Å². The zero-order valence-electron chi connectivity index (χ0n) is 11.9. The highest BCUT2D eigenvalue weighted by Gasteiger charge is 2.17. The predicted octanol–water partition coefficient (Wildman–Crippen LogP) is 2.57. The number of amides is 1. The Labute approximate surface area is 124 Å². The fourth-order valence-electron chi connectivity index (χ4n) is 2.17. The molecule has 0 aliphatic rings. The Morgan fingerprint density at radius 3 is 2.38 bits per heavy atom. The lowest BCUT2D eigenvalue weighted by Crippen LogP contribution is -2.40. The van der Waals surface area contributed by atoms with Gasteiger partial charge in [0.1, 0.15) is 11.9 Å². The highest BCUT2D eigenvalue weighted by atomic mass is 19.1. The summed E-state index contributed by atoms with van der Waals surface area (Å²) in [6, 6.07) is 14.8. The third kappa shape index (κ3) is 4.39. The molecule has 0 fully saturated rings. The summed E-state index contributed by atoms with van der Waals surface area (Å²) in [4.78, 5) is 12.1. The summed E-state index contributed by atoms with van der Waals surface area (Å²) >= 11 is 0. The molecule has 0 saturated carbocycles. The molecule has 0 heterocycles. The second-order valence-electron chi connectivity index (χ2n) is 5.13. The molecule has 3 N–H and O–H groups in total. The van der Waals surface area contributed by atoms with Crippen LogP contribution in [0.4, 0.5) is 4.39 Å². The zero-order chi connectivity index (χ0) is 15.2. The minimum Gasteiger partial charge on any atom is -0.352 e. The number of hydrogen-bond acceptors (Lipinski definition) is 2. The molecule has 0 aromatic heterocycles. The van der Waals surface area contributed by atoms with Crippen LogP contribution in [0, 0.1) is 5.82 Å². The van der Waals surface area contributed by atoms with Crippen LogP contribution in [0.25, 0.3) is 0 Å². The average molecular weight is 286 g/mol. The Morgan fingerprint density at radius 2 is 1.76 bits per heavy atom. The normalized spacial score (nSPS) is 13.5. The molecule has 0 spiro atoms. The van der Waals surface area contributed by atoms with Crippen molar-refractivity contribution in [2.24, 2.45) is 5.73 Å². The van der Waals surface area contributed by atoms with E-state index in [2.05, 4.69) is 5.32 Å². The van der Waals surface area contributed by atoms with Crippen molar-refractivity contribution < 1.29 is 9.18 Å². The first-order valence-corrected chi connectivity index (χ1v) is 6.91. The largest absolute Gasteiger partial charge is 0.352 e. The van der Waals surface area contributed by atoms with Crippen molar-refractivity contribution >= 4 is 5.91 Å². The molecule has 2 aromatic carbocycles. The summed E-state index contributed by atoms with van der Waals surface area (Å²) in [5.74, 6) is -0.475. The van der Waals surface area contributed by atoms with Gasteiger partial charge >= 0.3 is 0 Å². The lowest BCUT2D eigenvalue weighted by molar-refractivity contribution is -0.123. The number of halogens is 1. The molecule has 4 heteroatoms. The predicted molar refractivity (Wildman–Crippen MR) is 81.1 cm³/mol. The van der Waals surface area contributed by atoms with Gasteiger partial charge in [-0.2, -0.15) is 0 Å². The van der Waals surface area contributed by atoms with Gasteiger partial charge in [0.2, 0.25) is 5.91 Å². The van der Waals surface area contributed by atoms with Gasteiger partial charge in [-0.05, 0) is 36.6 Å². The Hall–Kier alpha value is -2.20. The average Bonchev–Trinajstić information content (AvgIpc) is 2.49. The number of nitrogens with one attached hydrogen (secondary N) is 1. The van der Waals surface area contributed by atoms with E-state index in [1.807, 2.05) is 37.3 Å². The second kappa shape index (κ2) is 6.99. The first kappa shape index (κ1) is 15.2. The molecule has 2 aromatic rings. The van der Waals surface area contributed by atoms with Gasteiger partial charge in [0, 0.05) is 6.04 Å². The lowest BCUT2D eigenvalue weighted by atomic mass is 10.0. The lowest BCUT2D eigenvalue weighted by Gasteiger charge is -2.18. The van der Waals surface area contributed by atoms with Gasteiger partial charge in [-0.3, -0.25) is 4.79 Å². The van der Waals surface area contributed by atoms with Crippen LogP contribution in [-0.4, -0.2) is 11.9 Å². The Morgan fingerprint density at radius 1 is 1.14 bits per heavy atom. The summed E-state index contributed by atoms with van der Waals surface area (Å²) in [5, 5.41) is 2.88. The number of benzene rings is 2. The molecule has 1 unspecified atom stereocenters. The quantitative estimate of drug-likeness (QED) is 0.887. The van der Waals surface area contributed by atoms with Crippen LogP contribution in [0.2, 0.25) is 0 Å². The Kier molecular flexibility index (Phi) is 5.06. The van der Waals surface area contributed by atoms with E-state index in [0.29, 0.717) is 6.42 Å². The SMILES string of the molecule is CC(Cc1ccc(F)cc1)NC(=O)[C@H](N)c1ccccc1. The van der Waals surface area contributed by atoms with Crippen LogP contribution in [-0.2, 0) is 11.2 Å². The number of rotatable bonds is 5. The van der Waals surface area contributed by atoms with Crippen molar-refractivity contribution in [2.45, 2.75) is 25.4 Å². The van der Waals surface area contributed by atoms with Gasteiger partial charge in [0.25, 0.3) is 0 Å². The molecule has 21 heavy (non-hydrogen) atoms.